The van der Waals surface area contributed by atoms with Crippen molar-refractivity contribution >= 4 is 28.5 Å². The van der Waals surface area contributed by atoms with E-state index in [1.807, 2.05) is 11.8 Å². The van der Waals surface area contributed by atoms with Gasteiger partial charge in [0, 0.05) is 18.8 Å². The van der Waals surface area contributed by atoms with Crippen molar-refractivity contribution in [3.63, 3.8) is 0 Å². The van der Waals surface area contributed by atoms with Gasteiger partial charge in [0.2, 0.25) is 0 Å². The molecule has 1 saturated heterocycles. The van der Waals surface area contributed by atoms with Gasteiger partial charge in [-0.2, -0.15) is 5.10 Å². The van der Waals surface area contributed by atoms with E-state index in [0.717, 1.165) is 25.8 Å². The summed E-state index contributed by atoms with van der Waals surface area (Å²) in [7, 11) is 0. The van der Waals surface area contributed by atoms with E-state index < -0.39 is 0 Å². The van der Waals surface area contributed by atoms with E-state index in [4.69, 9.17) is 11.6 Å². The number of hydrogen-bond acceptors (Lipinski definition) is 3. The van der Waals surface area contributed by atoms with Crippen LogP contribution < -0.4 is 0 Å². The molecule has 2 aromatic heterocycles. The van der Waals surface area contributed by atoms with Crippen LogP contribution in [0.2, 0.25) is 5.02 Å². The van der Waals surface area contributed by atoms with Crippen molar-refractivity contribution in [1.82, 2.24) is 19.7 Å². The van der Waals surface area contributed by atoms with E-state index in [1.165, 1.54) is 18.3 Å². The van der Waals surface area contributed by atoms with E-state index in [0.29, 0.717) is 33.0 Å². The van der Waals surface area contributed by atoms with Crippen molar-refractivity contribution in [2.24, 2.45) is 0 Å². The van der Waals surface area contributed by atoms with Gasteiger partial charge >= 0.3 is 0 Å². The van der Waals surface area contributed by atoms with Crippen molar-refractivity contribution in [2.75, 3.05) is 6.54 Å². The standard InChI is InChI=1S/C20H20ClFN4O/c1-12-5-3-4-10-25(12)20(27)16-11-23-19-17(18(16)21)13(2)24-26(19)15-8-6-14(22)7-9-15/h6-9,11-12H,3-5,10H2,1-2H3/t12-/m1/s1. The first-order valence-electron chi connectivity index (χ1n) is 9.08. The summed E-state index contributed by atoms with van der Waals surface area (Å²) in [5.41, 5.74) is 2.31. The van der Waals surface area contributed by atoms with Crippen LogP contribution in [0.15, 0.2) is 30.5 Å². The minimum atomic E-state index is -0.318. The molecule has 3 aromatic rings. The topological polar surface area (TPSA) is 51.0 Å². The Kier molecular flexibility index (Phi) is 4.60. The molecule has 140 valence electrons. The zero-order valence-corrected chi connectivity index (χ0v) is 16.0. The molecule has 0 saturated carbocycles. The second kappa shape index (κ2) is 6.93. The summed E-state index contributed by atoms with van der Waals surface area (Å²) in [6.07, 6.45) is 4.67. The summed E-state index contributed by atoms with van der Waals surface area (Å²) in [5, 5.41) is 5.52. The summed E-state index contributed by atoms with van der Waals surface area (Å²) >= 11 is 6.63. The SMILES string of the molecule is Cc1nn(-c2ccc(F)cc2)c2ncc(C(=O)N3CCCC[C@H]3C)c(Cl)c12. The zero-order chi connectivity index (χ0) is 19.1. The molecule has 27 heavy (non-hydrogen) atoms. The predicted molar refractivity (Wildman–Crippen MR) is 103 cm³/mol. The average Bonchev–Trinajstić information content (AvgIpc) is 3.00. The van der Waals surface area contributed by atoms with E-state index in [1.54, 1.807) is 16.8 Å². The van der Waals surface area contributed by atoms with Crippen LogP contribution in [0, 0.1) is 12.7 Å². The molecule has 1 aliphatic heterocycles. The third-order valence-electron chi connectivity index (χ3n) is 5.17. The maximum absolute atomic E-state index is 13.2. The van der Waals surface area contributed by atoms with Gasteiger partial charge in [0.1, 0.15) is 5.82 Å². The number of amides is 1. The monoisotopic (exact) mass is 386 g/mol. The Morgan fingerprint density at radius 3 is 2.70 bits per heavy atom. The lowest BCUT2D eigenvalue weighted by Crippen LogP contribution is -2.42. The Bertz CT molecular complexity index is 1010. The van der Waals surface area contributed by atoms with Crippen LogP contribution in [-0.2, 0) is 0 Å². The quantitative estimate of drug-likeness (QED) is 0.649. The predicted octanol–water partition coefficient (Wildman–Crippen LogP) is 4.54. The number of aromatic nitrogens is 3. The maximum Gasteiger partial charge on any atom is 0.257 e. The average molecular weight is 387 g/mol. The number of carbonyl (C=O) groups excluding carboxylic acids is 1. The smallest absolute Gasteiger partial charge is 0.257 e. The Balaban J connectivity index is 1.80. The zero-order valence-electron chi connectivity index (χ0n) is 15.2. The number of aryl methyl sites for hydroxylation is 1. The molecule has 0 spiro atoms. The molecular weight excluding hydrogens is 367 g/mol. The van der Waals surface area contributed by atoms with Gasteiger partial charge in [-0.25, -0.2) is 14.1 Å². The number of piperidine rings is 1. The van der Waals surface area contributed by atoms with Crippen LogP contribution in [0.4, 0.5) is 4.39 Å². The normalized spacial score (nSPS) is 17.5. The molecular formula is C20H20ClFN4O. The van der Waals surface area contributed by atoms with Crippen molar-refractivity contribution < 1.29 is 9.18 Å². The van der Waals surface area contributed by atoms with Gasteiger partial charge in [0.15, 0.2) is 5.65 Å². The van der Waals surface area contributed by atoms with Crippen LogP contribution in [0.5, 0.6) is 0 Å². The molecule has 7 heteroatoms. The summed E-state index contributed by atoms with van der Waals surface area (Å²) in [6, 6.07) is 6.20. The van der Waals surface area contributed by atoms with Gasteiger partial charge in [-0.05, 0) is 57.4 Å². The van der Waals surface area contributed by atoms with Crippen LogP contribution >= 0.6 is 11.6 Å². The van der Waals surface area contributed by atoms with E-state index in [9.17, 15) is 9.18 Å². The molecule has 0 unspecified atom stereocenters. The Hall–Kier alpha value is -2.47. The molecule has 0 radical (unpaired) electrons. The number of hydrogen-bond donors (Lipinski definition) is 0. The first kappa shape index (κ1) is 17.9. The van der Waals surface area contributed by atoms with Gasteiger partial charge in [-0.1, -0.05) is 11.6 Å². The molecule has 1 aliphatic rings. The Morgan fingerprint density at radius 2 is 2.00 bits per heavy atom. The maximum atomic E-state index is 13.2. The fraction of sp³-hybridized carbons (Fsp3) is 0.350. The molecule has 1 atom stereocenters. The van der Waals surface area contributed by atoms with E-state index in [2.05, 4.69) is 17.0 Å². The number of pyridine rings is 1. The van der Waals surface area contributed by atoms with Crippen molar-refractivity contribution in [3.8, 4) is 5.69 Å². The summed E-state index contributed by atoms with van der Waals surface area (Å²) in [4.78, 5) is 19.4. The summed E-state index contributed by atoms with van der Waals surface area (Å²) in [6.45, 7) is 4.63. The lowest BCUT2D eigenvalue weighted by Gasteiger charge is -2.33. The number of carbonyl (C=O) groups is 1. The Labute approximate surface area is 161 Å². The third-order valence-corrected chi connectivity index (χ3v) is 5.57. The van der Waals surface area contributed by atoms with Crippen LogP contribution in [-0.4, -0.2) is 38.2 Å². The van der Waals surface area contributed by atoms with Gasteiger partial charge in [-0.15, -0.1) is 0 Å². The van der Waals surface area contributed by atoms with Crippen LogP contribution in [0.25, 0.3) is 16.7 Å². The largest absolute Gasteiger partial charge is 0.336 e. The molecule has 3 heterocycles. The fourth-order valence-electron chi connectivity index (χ4n) is 3.67. The highest BCUT2D eigenvalue weighted by molar-refractivity contribution is 6.38. The molecule has 0 N–H and O–H groups in total. The number of nitrogens with zero attached hydrogens (tertiary/aromatic N) is 4. The summed E-state index contributed by atoms with van der Waals surface area (Å²) < 4.78 is 14.8. The minimum absolute atomic E-state index is 0.0875. The highest BCUT2D eigenvalue weighted by atomic mass is 35.5. The first-order valence-corrected chi connectivity index (χ1v) is 9.46. The van der Waals surface area contributed by atoms with Gasteiger partial charge in [0.05, 0.1) is 27.4 Å². The lowest BCUT2D eigenvalue weighted by atomic mass is 10.0. The molecule has 0 bridgehead atoms. The highest BCUT2D eigenvalue weighted by Gasteiger charge is 2.28. The van der Waals surface area contributed by atoms with Crippen molar-refractivity contribution in [2.45, 2.75) is 39.2 Å². The first-order chi connectivity index (χ1) is 13.0. The lowest BCUT2D eigenvalue weighted by molar-refractivity contribution is 0.0635. The molecule has 1 aromatic carbocycles. The van der Waals surface area contributed by atoms with Gasteiger partial charge in [-0.3, -0.25) is 4.79 Å². The Morgan fingerprint density at radius 1 is 1.26 bits per heavy atom. The van der Waals surface area contributed by atoms with Crippen LogP contribution in [0.1, 0.15) is 42.2 Å². The molecule has 5 nitrogen and oxygen atoms in total. The van der Waals surface area contributed by atoms with Crippen molar-refractivity contribution in [3.05, 3.63) is 52.6 Å². The molecule has 1 amide bonds. The molecule has 4 rings (SSSR count). The second-order valence-corrected chi connectivity index (χ2v) is 7.38. The van der Waals surface area contributed by atoms with Gasteiger partial charge < -0.3 is 4.90 Å². The van der Waals surface area contributed by atoms with Crippen LogP contribution in [0.3, 0.4) is 0 Å². The third kappa shape index (κ3) is 3.08. The number of likely N-dealkylation sites (tertiary alicyclic amines) is 1. The number of fused-ring (bicyclic) bond motifs is 1. The van der Waals surface area contributed by atoms with E-state index in [-0.39, 0.29) is 17.8 Å². The number of benzene rings is 1. The number of rotatable bonds is 2. The second-order valence-electron chi connectivity index (χ2n) is 7.00. The molecule has 0 aliphatic carbocycles. The molecule has 1 fully saturated rings. The van der Waals surface area contributed by atoms with Gasteiger partial charge in [0.25, 0.3) is 5.91 Å². The highest BCUT2D eigenvalue weighted by Crippen LogP contribution is 2.31. The van der Waals surface area contributed by atoms with Crippen molar-refractivity contribution in [1.29, 1.82) is 0 Å². The van der Waals surface area contributed by atoms with E-state index >= 15 is 0 Å². The number of halogens is 2. The minimum Gasteiger partial charge on any atom is -0.336 e. The fourth-order valence-corrected chi connectivity index (χ4v) is 4.03. The summed E-state index contributed by atoms with van der Waals surface area (Å²) in [5.74, 6) is -0.406.